The summed E-state index contributed by atoms with van der Waals surface area (Å²) in [4.78, 5) is 74.3. The fraction of sp³-hybridized carbons (Fsp3) is 0.125. The van der Waals surface area contributed by atoms with Crippen LogP contribution in [0.15, 0.2) is 84.9 Å². The van der Waals surface area contributed by atoms with Gasteiger partial charge in [-0.3, -0.25) is 20.2 Å². The van der Waals surface area contributed by atoms with Crippen LogP contribution in [0.5, 0.6) is 11.5 Å². The molecule has 18 heteroatoms. The maximum Gasteiger partial charge on any atom is 0.346 e. The highest BCUT2D eigenvalue weighted by molar-refractivity contribution is 6.15. The first kappa shape index (κ1) is 35.6. The van der Waals surface area contributed by atoms with Gasteiger partial charge in [0.1, 0.15) is 22.9 Å². The minimum Gasteiger partial charge on any atom is -0.505 e. The van der Waals surface area contributed by atoms with Gasteiger partial charge < -0.3 is 30.3 Å². The summed E-state index contributed by atoms with van der Waals surface area (Å²) in [6, 6.07) is 13.6. The van der Waals surface area contributed by atoms with Gasteiger partial charge >= 0.3 is 24.0 Å². The van der Waals surface area contributed by atoms with Crippen LogP contribution in [0.4, 0.5) is 43.7 Å². The fourth-order valence-corrected chi connectivity index (χ4v) is 4.45. The quantitative estimate of drug-likeness (QED) is 0.0856. The van der Waals surface area contributed by atoms with Crippen LogP contribution < -0.4 is 20.7 Å². The second-order valence-corrected chi connectivity index (χ2v) is 9.91. The number of phenolic OH excluding ortho intramolecular Hbond substituents is 2. The first-order valence-electron chi connectivity index (χ1n) is 14.6. The van der Waals surface area contributed by atoms with Crippen molar-refractivity contribution in [2.24, 2.45) is 0 Å². The average Bonchev–Trinajstić information content (AvgIpc) is 3.08. The third kappa shape index (κ3) is 8.00. The molecule has 0 aliphatic rings. The molecule has 0 saturated heterocycles. The molecular weight excluding hydrogens is 660 g/mol. The maximum atomic E-state index is 14.2. The number of amides is 4. The molecule has 0 saturated carbocycles. The predicted molar refractivity (Wildman–Crippen MR) is 177 cm³/mol. The summed E-state index contributed by atoms with van der Waals surface area (Å²) >= 11 is 0. The summed E-state index contributed by atoms with van der Waals surface area (Å²) in [5.74, 6) is -3.21. The zero-order valence-corrected chi connectivity index (χ0v) is 26.3. The molecule has 0 spiro atoms. The van der Waals surface area contributed by atoms with Crippen LogP contribution in [-0.2, 0) is 9.47 Å². The van der Waals surface area contributed by atoms with Crippen molar-refractivity contribution >= 4 is 58.1 Å². The number of esters is 2. The molecule has 4 aromatic carbocycles. The average molecular weight is 689 g/mol. The monoisotopic (exact) mass is 688 g/mol. The number of hydrogen-bond acceptors (Lipinski definition) is 12. The van der Waals surface area contributed by atoms with Crippen LogP contribution in [0.2, 0.25) is 0 Å². The highest BCUT2D eigenvalue weighted by Crippen LogP contribution is 2.38. The SMILES string of the molecule is CCOC(=O)c1ccc(NC(=O)N(c2ccc([N+](=O)[O-])cc2O)N(C(=O)Nc2ccccc2C(=O)OCC)c2ccc([N+](=O)[O-])cc2O)cc1. The van der Waals surface area contributed by atoms with Gasteiger partial charge in [0.05, 0.1) is 52.0 Å². The van der Waals surface area contributed by atoms with Gasteiger partial charge in [-0.05, 0) is 62.4 Å². The van der Waals surface area contributed by atoms with E-state index in [4.69, 9.17) is 9.47 Å². The maximum absolute atomic E-state index is 14.2. The van der Waals surface area contributed by atoms with Crippen LogP contribution in [0.1, 0.15) is 34.6 Å². The number of nitro groups is 2. The lowest BCUT2D eigenvalue weighted by Crippen LogP contribution is -2.54. The van der Waals surface area contributed by atoms with Gasteiger partial charge in [-0.15, -0.1) is 0 Å². The smallest absolute Gasteiger partial charge is 0.346 e. The Labute approximate surface area is 282 Å². The van der Waals surface area contributed by atoms with Crippen LogP contribution in [0.3, 0.4) is 0 Å². The third-order valence-corrected chi connectivity index (χ3v) is 6.69. The first-order valence-corrected chi connectivity index (χ1v) is 14.6. The number of carbonyl (C=O) groups is 4. The molecule has 0 aliphatic heterocycles. The Morgan fingerprint density at radius 1 is 0.680 bits per heavy atom. The van der Waals surface area contributed by atoms with E-state index in [0.717, 1.165) is 24.3 Å². The van der Waals surface area contributed by atoms with Crippen LogP contribution in [0.25, 0.3) is 0 Å². The Morgan fingerprint density at radius 3 is 1.64 bits per heavy atom. The summed E-state index contributed by atoms with van der Waals surface area (Å²) in [7, 11) is 0. The molecule has 0 atom stereocenters. The molecule has 50 heavy (non-hydrogen) atoms. The Balaban J connectivity index is 1.90. The molecule has 0 fully saturated rings. The van der Waals surface area contributed by atoms with Crippen molar-refractivity contribution < 1.29 is 48.7 Å². The van der Waals surface area contributed by atoms with Crippen LogP contribution in [0, 0.1) is 20.2 Å². The van der Waals surface area contributed by atoms with E-state index in [9.17, 15) is 49.6 Å². The van der Waals surface area contributed by atoms with E-state index in [1.54, 1.807) is 13.8 Å². The predicted octanol–water partition coefficient (Wildman–Crippen LogP) is 5.96. The molecule has 4 amide bonds. The molecule has 4 N–H and O–H groups in total. The number of nitrogens with zero attached hydrogens (tertiary/aromatic N) is 4. The van der Waals surface area contributed by atoms with Crippen LogP contribution in [-0.4, -0.2) is 57.3 Å². The van der Waals surface area contributed by atoms with E-state index in [-0.39, 0.29) is 35.7 Å². The summed E-state index contributed by atoms with van der Waals surface area (Å²) < 4.78 is 10.0. The Bertz CT molecular complexity index is 1970. The van der Waals surface area contributed by atoms with Crippen molar-refractivity contribution in [3.8, 4) is 11.5 Å². The number of nitro benzene ring substituents is 2. The van der Waals surface area contributed by atoms with Gasteiger partial charge in [-0.25, -0.2) is 19.2 Å². The minimum absolute atomic E-state index is 0.00194. The molecule has 4 rings (SSSR count). The van der Waals surface area contributed by atoms with E-state index in [0.29, 0.717) is 22.2 Å². The Morgan fingerprint density at radius 2 is 1.16 bits per heavy atom. The molecule has 0 radical (unpaired) electrons. The molecule has 18 nitrogen and oxygen atoms in total. The zero-order valence-electron chi connectivity index (χ0n) is 26.3. The van der Waals surface area contributed by atoms with Crippen molar-refractivity contribution in [1.29, 1.82) is 0 Å². The Kier molecular flexibility index (Phi) is 11.1. The molecular formula is C32H28N6O12. The van der Waals surface area contributed by atoms with E-state index in [1.165, 1.54) is 48.5 Å². The number of carbonyl (C=O) groups excluding carboxylic acids is 4. The molecule has 0 aromatic heterocycles. The second-order valence-electron chi connectivity index (χ2n) is 9.91. The first-order chi connectivity index (χ1) is 23.9. The minimum atomic E-state index is -1.27. The van der Waals surface area contributed by atoms with Gasteiger partial charge in [0, 0.05) is 17.8 Å². The molecule has 0 bridgehead atoms. The summed E-state index contributed by atoms with van der Waals surface area (Å²) in [5.41, 5.74) is -2.29. The van der Waals surface area contributed by atoms with Gasteiger partial charge in [-0.1, -0.05) is 12.1 Å². The highest BCUT2D eigenvalue weighted by atomic mass is 16.6. The molecule has 258 valence electrons. The van der Waals surface area contributed by atoms with Gasteiger partial charge in [0.15, 0.2) is 0 Å². The number of benzene rings is 4. The molecule has 4 aromatic rings. The Hall–Kier alpha value is -7.24. The number of anilines is 4. The number of aromatic hydroxyl groups is 2. The number of para-hydroxylation sites is 1. The number of hydrazine groups is 1. The number of phenols is 2. The van der Waals surface area contributed by atoms with E-state index < -0.39 is 68.1 Å². The lowest BCUT2D eigenvalue weighted by Gasteiger charge is -2.35. The largest absolute Gasteiger partial charge is 0.505 e. The number of hydrogen-bond donors (Lipinski definition) is 4. The van der Waals surface area contributed by atoms with Crippen molar-refractivity contribution in [3.05, 3.63) is 116 Å². The summed E-state index contributed by atoms with van der Waals surface area (Å²) in [5, 5.41) is 50.7. The number of rotatable bonds is 10. The standard InChI is InChI=1S/C32H28N6O12/c1-3-49-29(41)19-9-11-20(12-10-19)33-31(43)35(25-15-13-21(37(45)46)17-27(25)39)36(26-16-14-22(38(47)48)18-28(26)40)32(44)34-24-8-6-5-7-23(24)30(42)50-4-2/h5-18,39-40H,3-4H2,1-2H3,(H,33,43)(H,34,44). The number of urea groups is 2. The van der Waals surface area contributed by atoms with Crippen molar-refractivity contribution in [2.45, 2.75) is 13.8 Å². The topological polar surface area (TPSA) is 244 Å². The summed E-state index contributed by atoms with van der Waals surface area (Å²) in [6.07, 6.45) is 0. The van der Waals surface area contributed by atoms with Crippen molar-refractivity contribution in [1.82, 2.24) is 0 Å². The third-order valence-electron chi connectivity index (χ3n) is 6.69. The van der Waals surface area contributed by atoms with E-state index in [2.05, 4.69) is 10.6 Å². The molecule has 0 unspecified atom stereocenters. The summed E-state index contributed by atoms with van der Waals surface area (Å²) in [6.45, 7) is 3.30. The molecule has 0 aliphatic carbocycles. The van der Waals surface area contributed by atoms with E-state index in [1.807, 2.05) is 0 Å². The van der Waals surface area contributed by atoms with E-state index >= 15 is 0 Å². The lowest BCUT2D eigenvalue weighted by molar-refractivity contribution is -0.385. The van der Waals surface area contributed by atoms with Gasteiger partial charge in [0.2, 0.25) is 0 Å². The normalized spacial score (nSPS) is 10.4. The number of nitrogens with one attached hydrogen (secondary N) is 2. The van der Waals surface area contributed by atoms with Crippen molar-refractivity contribution in [3.63, 3.8) is 0 Å². The van der Waals surface area contributed by atoms with Gasteiger partial charge in [-0.2, -0.15) is 10.0 Å². The number of non-ortho nitro benzene ring substituents is 2. The van der Waals surface area contributed by atoms with Crippen LogP contribution >= 0.6 is 0 Å². The highest BCUT2D eigenvalue weighted by Gasteiger charge is 2.35. The van der Waals surface area contributed by atoms with Crippen molar-refractivity contribution in [2.75, 3.05) is 33.9 Å². The molecule has 0 heterocycles. The zero-order chi connectivity index (χ0) is 36.5. The lowest BCUT2D eigenvalue weighted by atomic mass is 10.2. The number of ether oxygens (including phenoxy) is 2. The van der Waals surface area contributed by atoms with Gasteiger partial charge in [0.25, 0.3) is 11.4 Å². The fourth-order valence-electron chi connectivity index (χ4n) is 4.45. The second kappa shape index (κ2) is 15.6.